The second-order valence-corrected chi connectivity index (χ2v) is 11.6. The van der Waals surface area contributed by atoms with Crippen molar-refractivity contribution in [2.24, 2.45) is 17.8 Å². The van der Waals surface area contributed by atoms with Gasteiger partial charge in [-0.1, -0.05) is 24.3 Å². The molecule has 6 rings (SSSR count). The van der Waals surface area contributed by atoms with Gasteiger partial charge in [-0.05, 0) is 91.5 Å². The van der Waals surface area contributed by atoms with E-state index in [0.717, 1.165) is 35.6 Å². The number of benzene rings is 2. The van der Waals surface area contributed by atoms with Gasteiger partial charge in [0.15, 0.2) is 0 Å². The summed E-state index contributed by atoms with van der Waals surface area (Å²) in [4.78, 5) is 0. The number of aliphatic hydroxyl groups is 1. The van der Waals surface area contributed by atoms with Gasteiger partial charge < -0.3 is 26.7 Å². The lowest BCUT2D eigenvalue weighted by Crippen LogP contribution is -3.00. The molecule has 33 heavy (non-hydrogen) atoms. The van der Waals surface area contributed by atoms with Gasteiger partial charge >= 0.3 is 0 Å². The molecule has 180 valence electrons. The Hall–Kier alpha value is -1.62. The summed E-state index contributed by atoms with van der Waals surface area (Å²) in [6.07, 6.45) is 7.96. The van der Waals surface area contributed by atoms with E-state index in [2.05, 4.69) is 38.4 Å². The van der Waals surface area contributed by atoms with Gasteiger partial charge in [-0.15, -0.1) is 0 Å². The number of ether oxygens (including phenoxy) is 1. The van der Waals surface area contributed by atoms with Crippen LogP contribution in [-0.2, 0) is 12.0 Å². The number of nitrogens with zero attached hydrogens (tertiary/aromatic N) is 1. The number of rotatable bonds is 8. The molecule has 1 N–H and O–H groups in total. The third kappa shape index (κ3) is 5.55. The van der Waals surface area contributed by atoms with Crippen LogP contribution in [0, 0.1) is 23.6 Å². The molecule has 0 aliphatic heterocycles. The van der Waals surface area contributed by atoms with Gasteiger partial charge in [0.25, 0.3) is 0 Å². The largest absolute Gasteiger partial charge is 1.00 e. The zero-order valence-electron chi connectivity index (χ0n) is 19.9. The minimum absolute atomic E-state index is 0. The van der Waals surface area contributed by atoms with E-state index >= 15 is 0 Å². The quantitative estimate of drug-likeness (QED) is 0.596. The Labute approximate surface area is 204 Å². The maximum Gasteiger partial charge on any atom is 0.137 e. The van der Waals surface area contributed by atoms with Crippen LogP contribution in [-0.4, -0.2) is 42.9 Å². The van der Waals surface area contributed by atoms with E-state index in [1.54, 1.807) is 0 Å². The Morgan fingerprint density at radius 2 is 1.48 bits per heavy atom. The molecule has 3 nitrogen and oxygen atoms in total. The van der Waals surface area contributed by atoms with Crippen molar-refractivity contribution >= 4 is 0 Å². The summed E-state index contributed by atoms with van der Waals surface area (Å²) < 4.78 is 19.7. The van der Waals surface area contributed by atoms with Gasteiger partial charge in [-0.2, -0.15) is 0 Å². The van der Waals surface area contributed by atoms with Crippen LogP contribution in [0.25, 0.3) is 0 Å². The number of likely N-dealkylation sites (N-methyl/N-ethyl adjacent to an activating group) is 1. The van der Waals surface area contributed by atoms with Crippen molar-refractivity contribution in [3.8, 4) is 5.75 Å². The number of hydrogen-bond donors (Lipinski definition) is 1. The molecule has 4 aliphatic rings. The SMILES string of the molecule is C[N+](C)(Cc1ccc(F)cc1)CC(O)COc1ccc(C23CC4CC(CC(C4)C2)C3)cc1.[Cl-]. The highest BCUT2D eigenvalue weighted by molar-refractivity contribution is 5.34. The smallest absolute Gasteiger partial charge is 0.137 e. The van der Waals surface area contributed by atoms with Gasteiger partial charge in [0, 0.05) is 5.56 Å². The van der Waals surface area contributed by atoms with E-state index in [1.165, 1.54) is 56.2 Å². The van der Waals surface area contributed by atoms with Crippen LogP contribution in [0.3, 0.4) is 0 Å². The third-order valence-electron chi connectivity index (χ3n) is 8.18. The predicted octanol–water partition coefficient (Wildman–Crippen LogP) is 2.31. The highest BCUT2D eigenvalue weighted by atomic mass is 35.5. The zero-order chi connectivity index (χ0) is 22.3. The molecule has 0 heterocycles. The van der Waals surface area contributed by atoms with Crippen molar-refractivity contribution in [2.75, 3.05) is 27.2 Å². The summed E-state index contributed by atoms with van der Waals surface area (Å²) in [5.41, 5.74) is 2.97. The van der Waals surface area contributed by atoms with Crippen molar-refractivity contribution in [1.29, 1.82) is 0 Å². The number of hydrogen-bond acceptors (Lipinski definition) is 2. The molecule has 4 saturated carbocycles. The Morgan fingerprint density at radius 3 is 2.03 bits per heavy atom. The van der Waals surface area contributed by atoms with Crippen LogP contribution in [0.2, 0.25) is 0 Å². The predicted molar refractivity (Wildman–Crippen MR) is 125 cm³/mol. The Balaban J connectivity index is 0.00000259. The van der Waals surface area contributed by atoms with Crippen LogP contribution in [0.4, 0.5) is 4.39 Å². The minimum atomic E-state index is -0.562. The second-order valence-electron chi connectivity index (χ2n) is 11.6. The lowest BCUT2D eigenvalue weighted by atomic mass is 9.48. The fourth-order valence-corrected chi connectivity index (χ4v) is 7.33. The maximum atomic E-state index is 13.1. The summed E-state index contributed by atoms with van der Waals surface area (Å²) in [5, 5.41) is 10.6. The van der Waals surface area contributed by atoms with Crippen LogP contribution in [0.1, 0.15) is 49.7 Å². The third-order valence-corrected chi connectivity index (χ3v) is 8.18. The summed E-state index contributed by atoms with van der Waals surface area (Å²) in [6, 6.07) is 15.3. The molecule has 1 atom stereocenters. The number of quaternary nitrogens is 1. The van der Waals surface area contributed by atoms with Gasteiger partial charge in [-0.25, -0.2) is 4.39 Å². The normalized spacial score (nSPS) is 28.9. The van der Waals surface area contributed by atoms with E-state index in [0.29, 0.717) is 16.4 Å². The molecule has 4 bridgehead atoms. The first kappa shape index (κ1) is 24.5. The van der Waals surface area contributed by atoms with E-state index in [-0.39, 0.29) is 24.8 Å². The molecule has 0 aromatic heterocycles. The fraction of sp³-hybridized carbons (Fsp3) is 0.571. The van der Waals surface area contributed by atoms with Crippen molar-refractivity contribution in [3.63, 3.8) is 0 Å². The van der Waals surface area contributed by atoms with E-state index in [1.807, 2.05) is 12.1 Å². The second kappa shape index (κ2) is 9.56. The molecule has 2 aromatic rings. The topological polar surface area (TPSA) is 29.5 Å². The van der Waals surface area contributed by atoms with Crippen LogP contribution >= 0.6 is 0 Å². The van der Waals surface area contributed by atoms with Crippen molar-refractivity contribution < 1.29 is 31.1 Å². The molecule has 1 unspecified atom stereocenters. The molecular formula is C28H37ClFNO2. The van der Waals surface area contributed by atoms with Crippen molar-refractivity contribution in [2.45, 2.75) is 56.6 Å². The molecule has 0 amide bonds. The Morgan fingerprint density at radius 1 is 0.939 bits per heavy atom. The van der Waals surface area contributed by atoms with Gasteiger partial charge in [0.2, 0.25) is 0 Å². The molecule has 0 spiro atoms. The average Bonchev–Trinajstić information content (AvgIpc) is 2.73. The summed E-state index contributed by atoms with van der Waals surface area (Å²) >= 11 is 0. The van der Waals surface area contributed by atoms with E-state index in [9.17, 15) is 9.50 Å². The molecule has 4 aliphatic carbocycles. The highest BCUT2D eigenvalue weighted by Crippen LogP contribution is 2.60. The van der Waals surface area contributed by atoms with E-state index in [4.69, 9.17) is 4.74 Å². The first-order chi connectivity index (χ1) is 15.3. The maximum absolute atomic E-state index is 13.1. The fourth-order valence-electron chi connectivity index (χ4n) is 7.33. The standard InChI is InChI=1S/C28H37FNO2.ClH/c1-30(2,17-20-3-7-25(29)8-4-20)18-26(31)19-32-27-9-5-24(6-10-27)28-14-21-11-22(15-28)13-23(12-21)16-28;/h3-10,21-23,26,31H,11-19H2,1-2H3;1H/q+1;/p-1. The van der Waals surface area contributed by atoms with Crippen molar-refractivity contribution in [1.82, 2.24) is 0 Å². The Bertz CT molecular complexity index is 893. The van der Waals surface area contributed by atoms with Gasteiger partial charge in [0.1, 0.15) is 37.4 Å². The first-order valence-electron chi connectivity index (χ1n) is 12.3. The molecule has 0 saturated heterocycles. The monoisotopic (exact) mass is 473 g/mol. The average molecular weight is 474 g/mol. The van der Waals surface area contributed by atoms with Crippen molar-refractivity contribution in [3.05, 3.63) is 65.5 Å². The van der Waals surface area contributed by atoms with Crippen LogP contribution < -0.4 is 17.1 Å². The minimum Gasteiger partial charge on any atom is -1.00 e. The van der Waals surface area contributed by atoms with Gasteiger partial charge in [-0.3, -0.25) is 0 Å². The first-order valence-corrected chi connectivity index (χ1v) is 12.3. The van der Waals surface area contributed by atoms with E-state index < -0.39 is 6.10 Å². The molecular weight excluding hydrogens is 437 g/mol. The lowest BCUT2D eigenvalue weighted by molar-refractivity contribution is -0.906. The summed E-state index contributed by atoms with van der Waals surface area (Å²) in [6.45, 7) is 1.58. The molecule has 0 radical (unpaired) electrons. The summed E-state index contributed by atoms with van der Waals surface area (Å²) in [7, 11) is 4.15. The summed E-state index contributed by atoms with van der Waals surface area (Å²) in [5.74, 6) is 3.46. The number of aliphatic hydroxyl groups excluding tert-OH is 1. The molecule has 5 heteroatoms. The van der Waals surface area contributed by atoms with Crippen LogP contribution in [0.15, 0.2) is 48.5 Å². The lowest BCUT2D eigenvalue weighted by Gasteiger charge is -2.57. The molecule has 4 fully saturated rings. The highest BCUT2D eigenvalue weighted by Gasteiger charge is 2.51. The molecule has 2 aromatic carbocycles. The zero-order valence-corrected chi connectivity index (χ0v) is 20.6. The number of halogens is 2. The van der Waals surface area contributed by atoms with Crippen LogP contribution in [0.5, 0.6) is 5.75 Å². The van der Waals surface area contributed by atoms with Gasteiger partial charge in [0.05, 0.1) is 14.1 Å². The Kier molecular flexibility index (Phi) is 7.10.